The van der Waals surface area contributed by atoms with E-state index in [1.165, 1.54) is 12.1 Å². The highest BCUT2D eigenvalue weighted by atomic mass is 32.2. The first kappa shape index (κ1) is 15.9. The van der Waals surface area contributed by atoms with Crippen molar-refractivity contribution < 1.29 is 17.9 Å². The van der Waals surface area contributed by atoms with E-state index in [1.807, 2.05) is 13.8 Å². The Labute approximate surface area is 125 Å². The van der Waals surface area contributed by atoms with Gasteiger partial charge in [0.05, 0.1) is 11.5 Å². The number of morpholine rings is 1. The van der Waals surface area contributed by atoms with Crippen molar-refractivity contribution in [1.29, 1.82) is 0 Å². The predicted molar refractivity (Wildman–Crippen MR) is 79.7 cm³/mol. The Bertz CT molecular complexity index is 598. The van der Waals surface area contributed by atoms with Gasteiger partial charge in [-0.3, -0.25) is 4.79 Å². The van der Waals surface area contributed by atoms with E-state index in [-0.39, 0.29) is 23.5 Å². The van der Waals surface area contributed by atoms with Gasteiger partial charge in [-0.2, -0.15) is 0 Å². The summed E-state index contributed by atoms with van der Waals surface area (Å²) in [4.78, 5) is 13.5. The van der Waals surface area contributed by atoms with Gasteiger partial charge in [0.1, 0.15) is 6.61 Å². The highest BCUT2D eigenvalue weighted by molar-refractivity contribution is 7.89. The molecule has 0 spiro atoms. The first-order valence-electron chi connectivity index (χ1n) is 6.94. The van der Waals surface area contributed by atoms with Crippen LogP contribution < -0.4 is 9.62 Å². The fraction of sp³-hybridized carbons (Fsp3) is 0.500. The molecular weight excluding hydrogens is 292 g/mol. The predicted octanol–water partition coefficient (Wildman–Crippen LogP) is 1.13. The summed E-state index contributed by atoms with van der Waals surface area (Å²) in [7, 11) is -3.51. The third-order valence-electron chi connectivity index (χ3n) is 3.41. The molecule has 1 aliphatic heterocycles. The number of hydrogen-bond acceptors (Lipinski definition) is 4. The molecule has 1 unspecified atom stereocenters. The van der Waals surface area contributed by atoms with Gasteiger partial charge in [-0.05, 0) is 37.6 Å². The van der Waals surface area contributed by atoms with Crippen LogP contribution in [0.2, 0.25) is 0 Å². The van der Waals surface area contributed by atoms with Crippen LogP contribution in [0.3, 0.4) is 0 Å². The van der Waals surface area contributed by atoms with Gasteiger partial charge in [-0.15, -0.1) is 0 Å². The lowest BCUT2D eigenvalue weighted by molar-refractivity contribution is -0.125. The zero-order chi connectivity index (χ0) is 15.5. The summed E-state index contributed by atoms with van der Waals surface area (Å²) < 4.78 is 32.0. The second kappa shape index (κ2) is 6.55. The fourth-order valence-corrected chi connectivity index (χ4v) is 3.34. The number of rotatable bonds is 5. The minimum Gasteiger partial charge on any atom is -0.370 e. The number of carbonyl (C=O) groups is 1. The molecule has 21 heavy (non-hydrogen) atoms. The van der Waals surface area contributed by atoms with Gasteiger partial charge in [-0.25, -0.2) is 13.1 Å². The summed E-state index contributed by atoms with van der Waals surface area (Å²) >= 11 is 0. The van der Waals surface area contributed by atoms with Gasteiger partial charge in [0.25, 0.3) is 5.91 Å². The number of nitrogens with zero attached hydrogens (tertiary/aromatic N) is 1. The minimum absolute atomic E-state index is 0.0651. The standard InChI is InChI=1S/C14H20N2O4S/c1-3-11(2)15-21(18,19)13-6-4-12(5-7-13)16-8-9-20-10-14(16)17/h4-7,11,15H,3,8-10H2,1-2H3. The average Bonchev–Trinajstić information content (AvgIpc) is 2.47. The van der Waals surface area contributed by atoms with Gasteiger partial charge < -0.3 is 9.64 Å². The van der Waals surface area contributed by atoms with Crippen molar-refractivity contribution in [3.63, 3.8) is 0 Å². The van der Waals surface area contributed by atoms with E-state index < -0.39 is 10.0 Å². The van der Waals surface area contributed by atoms with Crippen molar-refractivity contribution >= 4 is 21.6 Å². The van der Waals surface area contributed by atoms with Gasteiger partial charge in [0, 0.05) is 18.3 Å². The zero-order valence-corrected chi connectivity index (χ0v) is 13.0. The number of amides is 1. The van der Waals surface area contributed by atoms with E-state index in [0.29, 0.717) is 18.8 Å². The molecule has 1 heterocycles. The topological polar surface area (TPSA) is 75.7 Å². The SMILES string of the molecule is CCC(C)NS(=O)(=O)c1ccc(N2CCOCC2=O)cc1. The molecule has 2 rings (SSSR count). The average molecular weight is 312 g/mol. The monoisotopic (exact) mass is 312 g/mol. The first-order chi connectivity index (χ1) is 9.94. The van der Waals surface area contributed by atoms with Crippen LogP contribution in [0.4, 0.5) is 5.69 Å². The van der Waals surface area contributed by atoms with E-state index in [9.17, 15) is 13.2 Å². The molecule has 0 aromatic heterocycles. The van der Waals surface area contributed by atoms with Crippen LogP contribution in [0.1, 0.15) is 20.3 Å². The molecule has 0 aliphatic carbocycles. The quantitative estimate of drug-likeness (QED) is 0.884. The molecule has 0 saturated carbocycles. The normalized spacial score (nSPS) is 17.8. The molecule has 1 atom stereocenters. The van der Waals surface area contributed by atoms with Crippen molar-refractivity contribution in [1.82, 2.24) is 4.72 Å². The molecule has 1 fully saturated rings. The number of ether oxygens (including phenoxy) is 1. The second-order valence-electron chi connectivity index (χ2n) is 5.02. The molecule has 1 saturated heterocycles. The summed E-state index contributed by atoms with van der Waals surface area (Å²) in [5, 5.41) is 0. The van der Waals surface area contributed by atoms with Crippen LogP contribution in [0, 0.1) is 0 Å². The molecule has 116 valence electrons. The second-order valence-corrected chi connectivity index (χ2v) is 6.74. The molecular formula is C14H20N2O4S. The van der Waals surface area contributed by atoms with Gasteiger partial charge in [-0.1, -0.05) is 6.92 Å². The van der Waals surface area contributed by atoms with Crippen LogP contribution in [-0.4, -0.2) is 40.1 Å². The maximum atomic E-state index is 12.1. The van der Waals surface area contributed by atoms with E-state index in [4.69, 9.17) is 4.74 Å². The Kier molecular flexibility index (Phi) is 4.97. The zero-order valence-electron chi connectivity index (χ0n) is 12.2. The largest absolute Gasteiger partial charge is 0.370 e. The molecule has 1 amide bonds. The Morgan fingerprint density at radius 3 is 2.57 bits per heavy atom. The lowest BCUT2D eigenvalue weighted by Gasteiger charge is -2.26. The summed E-state index contributed by atoms with van der Waals surface area (Å²) in [6.07, 6.45) is 0.722. The summed E-state index contributed by atoms with van der Waals surface area (Å²) in [6.45, 7) is 4.77. The molecule has 1 aromatic rings. The Morgan fingerprint density at radius 2 is 2.00 bits per heavy atom. The maximum Gasteiger partial charge on any atom is 0.253 e. The molecule has 1 aliphatic rings. The molecule has 0 radical (unpaired) electrons. The Morgan fingerprint density at radius 1 is 1.33 bits per heavy atom. The van der Waals surface area contributed by atoms with Crippen molar-refractivity contribution in [3.8, 4) is 0 Å². The third-order valence-corrected chi connectivity index (χ3v) is 5.02. The lowest BCUT2D eigenvalue weighted by atomic mass is 10.2. The third kappa shape index (κ3) is 3.81. The number of nitrogens with one attached hydrogen (secondary N) is 1. The number of hydrogen-bond donors (Lipinski definition) is 1. The first-order valence-corrected chi connectivity index (χ1v) is 8.43. The van der Waals surface area contributed by atoms with Crippen LogP contribution in [0.5, 0.6) is 0 Å². The number of benzene rings is 1. The molecule has 7 heteroatoms. The Hall–Kier alpha value is -1.44. The molecule has 0 bridgehead atoms. The van der Waals surface area contributed by atoms with Crippen molar-refractivity contribution in [2.45, 2.75) is 31.2 Å². The van der Waals surface area contributed by atoms with Gasteiger partial charge in [0.2, 0.25) is 10.0 Å². The summed E-state index contributed by atoms with van der Waals surface area (Å²) in [5.74, 6) is -0.116. The highest BCUT2D eigenvalue weighted by Crippen LogP contribution is 2.19. The van der Waals surface area contributed by atoms with E-state index in [2.05, 4.69) is 4.72 Å². The summed E-state index contributed by atoms with van der Waals surface area (Å²) in [5.41, 5.74) is 0.686. The highest BCUT2D eigenvalue weighted by Gasteiger charge is 2.21. The van der Waals surface area contributed by atoms with Crippen LogP contribution in [0.25, 0.3) is 0 Å². The molecule has 6 nitrogen and oxygen atoms in total. The van der Waals surface area contributed by atoms with Crippen LogP contribution in [-0.2, 0) is 19.6 Å². The number of carbonyl (C=O) groups excluding carboxylic acids is 1. The van der Waals surface area contributed by atoms with E-state index in [1.54, 1.807) is 17.0 Å². The lowest BCUT2D eigenvalue weighted by Crippen LogP contribution is -2.41. The van der Waals surface area contributed by atoms with E-state index >= 15 is 0 Å². The smallest absolute Gasteiger partial charge is 0.253 e. The van der Waals surface area contributed by atoms with Crippen molar-refractivity contribution in [2.75, 3.05) is 24.7 Å². The molecule has 1 N–H and O–H groups in total. The van der Waals surface area contributed by atoms with Crippen LogP contribution >= 0.6 is 0 Å². The minimum atomic E-state index is -3.51. The van der Waals surface area contributed by atoms with Crippen molar-refractivity contribution in [3.05, 3.63) is 24.3 Å². The van der Waals surface area contributed by atoms with Gasteiger partial charge in [0.15, 0.2) is 0 Å². The number of anilines is 1. The Balaban J connectivity index is 2.17. The number of sulfonamides is 1. The van der Waals surface area contributed by atoms with Gasteiger partial charge >= 0.3 is 0 Å². The fourth-order valence-electron chi connectivity index (χ4n) is 2.01. The maximum absolute atomic E-state index is 12.1. The van der Waals surface area contributed by atoms with E-state index in [0.717, 1.165) is 6.42 Å². The van der Waals surface area contributed by atoms with Crippen molar-refractivity contribution in [2.24, 2.45) is 0 Å². The molecule has 1 aromatic carbocycles. The summed E-state index contributed by atoms with van der Waals surface area (Å²) in [6, 6.07) is 6.21. The van der Waals surface area contributed by atoms with Crippen LogP contribution in [0.15, 0.2) is 29.2 Å².